The van der Waals surface area contributed by atoms with Gasteiger partial charge in [0.25, 0.3) is 0 Å². The van der Waals surface area contributed by atoms with Crippen molar-refractivity contribution >= 4 is 18.6 Å². The summed E-state index contributed by atoms with van der Waals surface area (Å²) in [7, 11) is 0. The first kappa shape index (κ1) is 17.5. The van der Waals surface area contributed by atoms with Crippen molar-refractivity contribution in [3.8, 4) is 0 Å². The van der Waals surface area contributed by atoms with Crippen LogP contribution in [0.3, 0.4) is 0 Å². The number of nitrogens with zero attached hydrogens (tertiary/aromatic N) is 1. The van der Waals surface area contributed by atoms with E-state index in [9.17, 15) is 15.1 Å². The molecule has 1 aliphatic heterocycles. The summed E-state index contributed by atoms with van der Waals surface area (Å²) in [5.41, 5.74) is 0. The van der Waals surface area contributed by atoms with E-state index in [1.807, 2.05) is 0 Å². The average molecular weight is 342 g/mol. The number of carbonyl (C=O) groups is 1. The summed E-state index contributed by atoms with van der Waals surface area (Å²) >= 11 is 4.60. The number of fused-ring (bicyclic) bond motifs is 1. The summed E-state index contributed by atoms with van der Waals surface area (Å²) in [6, 6.07) is -0.448. The third-order valence-electron chi connectivity index (χ3n) is 6.52. The van der Waals surface area contributed by atoms with Gasteiger partial charge in [0.1, 0.15) is 4.93 Å². The van der Waals surface area contributed by atoms with Crippen LogP contribution in [0.1, 0.15) is 57.8 Å². The maximum Gasteiger partial charge on any atom is 0.306 e. The quantitative estimate of drug-likeness (QED) is 0.542. The first-order valence-electron chi connectivity index (χ1n) is 9.02. The first-order chi connectivity index (χ1) is 10.9. The maximum absolute atomic E-state index is 12.5. The largest absolute Gasteiger partial charge is 0.785 e. The molecule has 0 aromatic rings. The van der Waals surface area contributed by atoms with Gasteiger partial charge in [0, 0.05) is 6.04 Å². The van der Waals surface area contributed by atoms with E-state index in [1.54, 1.807) is 0 Å². The highest BCUT2D eigenvalue weighted by atomic mass is 32.1. The predicted octanol–water partition coefficient (Wildman–Crippen LogP) is 2.87. The molecule has 23 heavy (non-hydrogen) atoms. The van der Waals surface area contributed by atoms with Crippen LogP contribution >= 0.6 is 12.6 Å². The zero-order valence-electron chi connectivity index (χ0n) is 13.6. The van der Waals surface area contributed by atoms with Crippen molar-refractivity contribution in [3.05, 3.63) is 5.21 Å². The van der Waals surface area contributed by atoms with Crippen molar-refractivity contribution in [3.63, 3.8) is 0 Å². The van der Waals surface area contributed by atoms with E-state index in [4.69, 9.17) is 5.11 Å². The number of thiol groups is 1. The molecule has 6 heteroatoms. The zero-order valence-corrected chi connectivity index (χ0v) is 14.5. The molecule has 3 rings (SSSR count). The predicted molar refractivity (Wildman–Crippen MR) is 90.9 cm³/mol. The molecule has 132 valence electrons. The summed E-state index contributed by atoms with van der Waals surface area (Å²) in [6.07, 6.45) is 7.86. The van der Waals surface area contributed by atoms with Gasteiger partial charge in [0.2, 0.25) is 0 Å². The summed E-state index contributed by atoms with van der Waals surface area (Å²) in [5, 5.41) is 33.9. The van der Waals surface area contributed by atoms with Crippen LogP contribution < -0.4 is 0 Å². The second-order valence-corrected chi connectivity index (χ2v) is 8.47. The highest BCUT2D eigenvalue weighted by molar-refractivity contribution is 7.81. The van der Waals surface area contributed by atoms with E-state index in [-0.39, 0.29) is 17.8 Å². The number of carboxylic acids is 1. The van der Waals surface area contributed by atoms with Gasteiger partial charge < -0.3 is 20.5 Å². The van der Waals surface area contributed by atoms with Crippen molar-refractivity contribution in [2.75, 3.05) is 6.54 Å². The van der Waals surface area contributed by atoms with Gasteiger partial charge in [-0.3, -0.25) is 4.79 Å². The fraction of sp³-hybridized carbons (Fsp3) is 0.941. The lowest BCUT2D eigenvalue weighted by atomic mass is 9.66. The fourth-order valence-corrected chi connectivity index (χ4v) is 5.77. The van der Waals surface area contributed by atoms with Gasteiger partial charge in [0.05, 0.1) is 5.92 Å². The van der Waals surface area contributed by atoms with E-state index in [1.165, 1.54) is 6.42 Å². The Morgan fingerprint density at radius 1 is 1.09 bits per heavy atom. The molecule has 2 aliphatic carbocycles. The maximum atomic E-state index is 12.5. The molecule has 4 unspecified atom stereocenters. The highest BCUT2D eigenvalue weighted by Gasteiger charge is 2.50. The van der Waals surface area contributed by atoms with Crippen LogP contribution in [-0.4, -0.2) is 38.8 Å². The highest BCUT2D eigenvalue weighted by Crippen LogP contribution is 2.49. The van der Waals surface area contributed by atoms with Crippen LogP contribution in [0.5, 0.6) is 0 Å². The molecule has 1 heterocycles. The zero-order chi connectivity index (χ0) is 16.6. The monoisotopic (exact) mass is 342 g/mol. The van der Waals surface area contributed by atoms with Gasteiger partial charge in [-0.1, -0.05) is 19.3 Å². The molecule has 0 spiro atoms. The summed E-state index contributed by atoms with van der Waals surface area (Å²) < 4.78 is 0. The molecule has 5 nitrogen and oxygen atoms in total. The van der Waals surface area contributed by atoms with E-state index in [2.05, 4.69) is 12.6 Å². The smallest absolute Gasteiger partial charge is 0.306 e. The molecule has 0 aromatic heterocycles. The van der Waals surface area contributed by atoms with E-state index < -0.39 is 16.9 Å². The van der Waals surface area contributed by atoms with Crippen molar-refractivity contribution in [2.24, 2.45) is 23.7 Å². The van der Waals surface area contributed by atoms with Crippen LogP contribution in [0.2, 0.25) is 0 Å². The Kier molecular flexibility index (Phi) is 5.26. The number of hydrogen-bond acceptors (Lipinski definition) is 5. The van der Waals surface area contributed by atoms with E-state index >= 15 is 0 Å². The van der Waals surface area contributed by atoms with Crippen LogP contribution in [0, 0.1) is 28.9 Å². The van der Waals surface area contributed by atoms with Crippen LogP contribution in [0.25, 0.3) is 0 Å². The van der Waals surface area contributed by atoms with Crippen molar-refractivity contribution in [1.29, 1.82) is 0 Å². The minimum Gasteiger partial charge on any atom is -0.785 e. The molecule has 1 saturated heterocycles. The summed E-state index contributed by atoms with van der Waals surface area (Å²) in [6.45, 7) is 0.485. The minimum absolute atomic E-state index is 0.0939. The normalized spacial score (nSPS) is 41.8. The Balaban J connectivity index is 1.73. The number of aliphatic hydroxyl groups is 1. The van der Waals surface area contributed by atoms with Crippen LogP contribution in [0.4, 0.5) is 0 Å². The number of carboxylic acid groups (broad SMARTS) is 1. The Labute approximate surface area is 143 Å². The lowest BCUT2D eigenvalue weighted by molar-refractivity contribution is -0.144. The molecule has 2 saturated carbocycles. The summed E-state index contributed by atoms with van der Waals surface area (Å²) in [4.78, 5) is 9.80. The van der Waals surface area contributed by atoms with Gasteiger partial charge in [0.15, 0.2) is 0 Å². The third-order valence-corrected chi connectivity index (χ3v) is 7.15. The molecular weight excluding hydrogens is 314 g/mol. The van der Waals surface area contributed by atoms with Gasteiger partial charge in [-0.05, 0) is 62.8 Å². The third kappa shape index (κ3) is 3.41. The number of piperidine rings is 1. The Hall–Kier alpha value is -0.300. The molecule has 0 bridgehead atoms. The van der Waals surface area contributed by atoms with Gasteiger partial charge in [-0.15, -0.1) is 12.6 Å². The Morgan fingerprint density at radius 3 is 2.39 bits per heavy atom. The minimum atomic E-state index is -1.31. The topological polar surface area (TPSA) is 83.8 Å². The van der Waals surface area contributed by atoms with E-state index in [0.717, 1.165) is 30.7 Å². The van der Waals surface area contributed by atoms with E-state index in [0.29, 0.717) is 38.1 Å². The number of aliphatic carboxylic acids is 1. The lowest BCUT2D eigenvalue weighted by Crippen LogP contribution is -2.60. The van der Waals surface area contributed by atoms with Gasteiger partial charge in [-0.2, -0.15) is 0 Å². The van der Waals surface area contributed by atoms with Crippen molar-refractivity contribution in [2.45, 2.75) is 68.8 Å². The number of hydrogen-bond donors (Lipinski definition) is 3. The number of rotatable bonds is 3. The van der Waals surface area contributed by atoms with Crippen LogP contribution in [0.15, 0.2) is 0 Å². The molecular formula is C17H28NO4S-. The molecule has 0 amide bonds. The van der Waals surface area contributed by atoms with Gasteiger partial charge in [-0.25, -0.2) is 0 Å². The summed E-state index contributed by atoms with van der Waals surface area (Å²) in [5.74, 6) is -0.389. The second kappa shape index (κ2) is 6.90. The molecule has 3 aliphatic rings. The Morgan fingerprint density at radius 2 is 1.74 bits per heavy atom. The molecule has 0 aromatic carbocycles. The van der Waals surface area contributed by atoms with Crippen molar-refractivity contribution < 1.29 is 15.0 Å². The lowest BCUT2D eigenvalue weighted by Gasteiger charge is -2.57. The SMILES string of the molecule is O=C(O)C1CCC(C(O)(S)C2C3CCCCC3CCN2[O-])CC1. The van der Waals surface area contributed by atoms with Crippen molar-refractivity contribution in [1.82, 2.24) is 5.06 Å². The fourth-order valence-electron chi connectivity index (χ4n) is 5.19. The first-order valence-corrected chi connectivity index (χ1v) is 9.47. The van der Waals surface area contributed by atoms with Crippen LogP contribution in [-0.2, 0) is 4.79 Å². The van der Waals surface area contributed by atoms with Gasteiger partial charge >= 0.3 is 5.97 Å². The standard InChI is InChI=1S/C17H28NO4S/c19-16(20)12-5-7-13(8-6-12)17(21,23)15-14-4-2-1-3-11(14)9-10-18(15)22/h11-15,21,23H,1-10H2,(H,19,20)/q-1. The molecule has 4 atom stereocenters. The number of hydroxylamine groups is 2. The molecule has 2 N–H and O–H groups in total. The molecule has 0 radical (unpaired) electrons. The molecule has 3 fully saturated rings. The average Bonchev–Trinajstić information content (AvgIpc) is 2.54. The second-order valence-electron chi connectivity index (χ2n) is 7.75. The Bertz CT molecular complexity index is 436.